The zero-order valence-corrected chi connectivity index (χ0v) is 16.3. The second-order valence-corrected chi connectivity index (χ2v) is 7.86. The molecule has 0 aliphatic carbocycles. The lowest BCUT2D eigenvalue weighted by atomic mass is 10.2. The summed E-state index contributed by atoms with van der Waals surface area (Å²) in [6, 6.07) is 10.9. The SMILES string of the molecule is COc1ccc(CN(CCNS(=O)(=O)c2ccc(F)c(C)c2)C(C)=O)cc1. The molecule has 6 nitrogen and oxygen atoms in total. The van der Waals surface area contributed by atoms with Gasteiger partial charge in [-0.1, -0.05) is 12.1 Å². The molecule has 2 rings (SSSR count). The molecule has 0 unspecified atom stereocenters. The van der Waals surface area contributed by atoms with E-state index >= 15 is 0 Å². The third kappa shape index (κ3) is 5.77. The van der Waals surface area contributed by atoms with Crippen molar-refractivity contribution in [2.75, 3.05) is 20.2 Å². The van der Waals surface area contributed by atoms with Crippen LogP contribution < -0.4 is 9.46 Å². The Hall–Kier alpha value is -2.45. The molecule has 0 aromatic heterocycles. The van der Waals surface area contributed by atoms with Gasteiger partial charge in [0.1, 0.15) is 11.6 Å². The van der Waals surface area contributed by atoms with E-state index < -0.39 is 15.8 Å². The molecule has 0 aliphatic rings. The van der Waals surface area contributed by atoms with Crippen molar-refractivity contribution >= 4 is 15.9 Å². The molecule has 1 N–H and O–H groups in total. The maximum absolute atomic E-state index is 13.3. The zero-order chi connectivity index (χ0) is 20.0. The van der Waals surface area contributed by atoms with Crippen molar-refractivity contribution in [3.63, 3.8) is 0 Å². The van der Waals surface area contributed by atoms with Crippen molar-refractivity contribution in [1.82, 2.24) is 9.62 Å². The number of rotatable bonds is 8. The van der Waals surface area contributed by atoms with Crippen LogP contribution in [0.15, 0.2) is 47.4 Å². The molecule has 1 amide bonds. The smallest absolute Gasteiger partial charge is 0.240 e. The minimum atomic E-state index is -3.77. The van der Waals surface area contributed by atoms with Gasteiger partial charge in [-0.15, -0.1) is 0 Å². The van der Waals surface area contributed by atoms with E-state index in [4.69, 9.17) is 4.74 Å². The Bertz CT molecular complexity index is 898. The molecule has 0 saturated carbocycles. The quantitative estimate of drug-likeness (QED) is 0.746. The van der Waals surface area contributed by atoms with E-state index in [2.05, 4.69) is 4.72 Å². The summed E-state index contributed by atoms with van der Waals surface area (Å²) in [4.78, 5) is 13.4. The van der Waals surface area contributed by atoms with Gasteiger partial charge in [0, 0.05) is 26.6 Å². The fraction of sp³-hybridized carbons (Fsp3) is 0.316. The summed E-state index contributed by atoms with van der Waals surface area (Å²) in [6.07, 6.45) is 0. The number of methoxy groups -OCH3 is 1. The highest BCUT2D eigenvalue weighted by molar-refractivity contribution is 7.89. The number of hydrogen-bond acceptors (Lipinski definition) is 4. The number of ether oxygens (including phenoxy) is 1. The van der Waals surface area contributed by atoms with E-state index in [1.807, 2.05) is 12.1 Å². The lowest BCUT2D eigenvalue weighted by Gasteiger charge is -2.21. The van der Waals surface area contributed by atoms with Crippen LogP contribution in [-0.2, 0) is 21.4 Å². The first-order chi connectivity index (χ1) is 12.7. The predicted molar refractivity (Wildman–Crippen MR) is 100 cm³/mol. The molecule has 146 valence electrons. The Morgan fingerprint density at radius 1 is 1.19 bits per heavy atom. The molecular weight excluding hydrogens is 371 g/mol. The molecule has 0 heterocycles. The van der Waals surface area contributed by atoms with E-state index in [-0.39, 0.29) is 29.5 Å². The van der Waals surface area contributed by atoms with Gasteiger partial charge < -0.3 is 9.64 Å². The summed E-state index contributed by atoms with van der Waals surface area (Å²) in [7, 11) is -2.20. The number of benzene rings is 2. The molecule has 2 aromatic rings. The van der Waals surface area contributed by atoms with Crippen LogP contribution in [-0.4, -0.2) is 39.4 Å². The summed E-state index contributed by atoms with van der Waals surface area (Å²) in [6.45, 7) is 3.55. The largest absolute Gasteiger partial charge is 0.497 e. The average Bonchev–Trinajstić information content (AvgIpc) is 2.63. The number of carbonyl (C=O) groups is 1. The van der Waals surface area contributed by atoms with Gasteiger partial charge in [-0.25, -0.2) is 17.5 Å². The number of nitrogens with zero attached hydrogens (tertiary/aromatic N) is 1. The van der Waals surface area contributed by atoms with Crippen molar-refractivity contribution in [2.45, 2.75) is 25.3 Å². The van der Waals surface area contributed by atoms with Gasteiger partial charge in [0.15, 0.2) is 0 Å². The van der Waals surface area contributed by atoms with Crippen molar-refractivity contribution in [2.24, 2.45) is 0 Å². The maximum Gasteiger partial charge on any atom is 0.240 e. The second kappa shape index (κ2) is 8.96. The number of sulfonamides is 1. The fourth-order valence-electron chi connectivity index (χ4n) is 2.48. The fourth-order valence-corrected chi connectivity index (χ4v) is 3.59. The van der Waals surface area contributed by atoms with E-state index in [1.54, 1.807) is 24.1 Å². The highest BCUT2D eigenvalue weighted by atomic mass is 32.2. The Kier molecular flexibility index (Phi) is 6.92. The third-order valence-electron chi connectivity index (χ3n) is 4.09. The average molecular weight is 394 g/mol. The number of halogens is 1. The molecule has 0 atom stereocenters. The summed E-state index contributed by atoms with van der Waals surface area (Å²) in [5.74, 6) is 0.0920. The number of hydrogen-bond donors (Lipinski definition) is 1. The first kappa shape index (κ1) is 20.9. The number of amides is 1. The summed E-state index contributed by atoms with van der Waals surface area (Å²) in [5.41, 5.74) is 1.16. The van der Waals surface area contributed by atoms with Gasteiger partial charge in [-0.3, -0.25) is 4.79 Å². The monoisotopic (exact) mass is 394 g/mol. The van der Waals surface area contributed by atoms with Crippen molar-refractivity contribution in [3.05, 3.63) is 59.4 Å². The zero-order valence-electron chi connectivity index (χ0n) is 15.5. The molecule has 0 saturated heterocycles. The van der Waals surface area contributed by atoms with Crippen LogP contribution in [0.25, 0.3) is 0 Å². The van der Waals surface area contributed by atoms with Crippen LogP contribution in [0.4, 0.5) is 4.39 Å². The Labute approximate surface area is 159 Å². The summed E-state index contributed by atoms with van der Waals surface area (Å²) in [5, 5.41) is 0. The van der Waals surface area contributed by atoms with Gasteiger partial charge in [-0.2, -0.15) is 0 Å². The molecule has 0 bridgehead atoms. The molecule has 0 aliphatic heterocycles. The summed E-state index contributed by atoms with van der Waals surface area (Å²) >= 11 is 0. The Morgan fingerprint density at radius 2 is 1.85 bits per heavy atom. The highest BCUT2D eigenvalue weighted by Crippen LogP contribution is 2.15. The van der Waals surface area contributed by atoms with Gasteiger partial charge in [0.25, 0.3) is 0 Å². The molecular formula is C19H23FN2O4S. The first-order valence-electron chi connectivity index (χ1n) is 8.37. The molecule has 2 aromatic carbocycles. The molecule has 0 radical (unpaired) electrons. The molecule has 27 heavy (non-hydrogen) atoms. The van der Waals surface area contributed by atoms with Gasteiger partial charge >= 0.3 is 0 Å². The summed E-state index contributed by atoms with van der Waals surface area (Å²) < 4.78 is 45.5. The predicted octanol–water partition coefficient (Wildman–Crippen LogP) is 2.47. The maximum atomic E-state index is 13.3. The van der Waals surface area contributed by atoms with E-state index in [0.29, 0.717) is 6.54 Å². The third-order valence-corrected chi connectivity index (χ3v) is 5.55. The standard InChI is InChI=1S/C19H23FN2O4S/c1-14-12-18(8-9-19(14)20)27(24,25)21-10-11-22(15(2)23)13-16-4-6-17(26-3)7-5-16/h4-9,12,21H,10-11,13H2,1-3H3. The van der Waals surface area contributed by atoms with Gasteiger partial charge in [-0.05, 0) is 48.4 Å². The van der Waals surface area contributed by atoms with Crippen molar-refractivity contribution in [1.29, 1.82) is 0 Å². The van der Waals surface area contributed by atoms with Gasteiger partial charge in [0.2, 0.25) is 15.9 Å². The van der Waals surface area contributed by atoms with E-state index in [1.165, 1.54) is 26.0 Å². The van der Waals surface area contributed by atoms with Crippen LogP contribution in [0.1, 0.15) is 18.1 Å². The normalized spacial score (nSPS) is 11.3. The van der Waals surface area contributed by atoms with Crippen LogP contribution in [0, 0.1) is 12.7 Å². The molecule has 8 heteroatoms. The molecule has 0 fully saturated rings. The number of aryl methyl sites for hydroxylation is 1. The van der Waals surface area contributed by atoms with Crippen LogP contribution in [0.2, 0.25) is 0 Å². The van der Waals surface area contributed by atoms with Gasteiger partial charge in [0.05, 0.1) is 12.0 Å². The number of nitrogens with one attached hydrogen (secondary N) is 1. The second-order valence-electron chi connectivity index (χ2n) is 6.10. The molecule has 0 spiro atoms. The lowest BCUT2D eigenvalue weighted by molar-refractivity contribution is -0.129. The minimum absolute atomic E-state index is 0.00840. The van der Waals surface area contributed by atoms with Crippen molar-refractivity contribution in [3.8, 4) is 5.75 Å². The first-order valence-corrected chi connectivity index (χ1v) is 9.85. The Balaban J connectivity index is 1.98. The highest BCUT2D eigenvalue weighted by Gasteiger charge is 2.16. The van der Waals surface area contributed by atoms with Crippen LogP contribution in [0.5, 0.6) is 5.75 Å². The Morgan fingerprint density at radius 3 is 2.41 bits per heavy atom. The lowest BCUT2D eigenvalue weighted by Crippen LogP contribution is -2.37. The number of carbonyl (C=O) groups excluding carboxylic acids is 1. The topological polar surface area (TPSA) is 75.7 Å². The van der Waals surface area contributed by atoms with E-state index in [9.17, 15) is 17.6 Å². The minimum Gasteiger partial charge on any atom is -0.497 e. The van der Waals surface area contributed by atoms with Crippen molar-refractivity contribution < 1.29 is 22.3 Å². The van der Waals surface area contributed by atoms with E-state index in [0.717, 1.165) is 17.4 Å². The van der Waals surface area contributed by atoms with Crippen LogP contribution >= 0.6 is 0 Å². The van der Waals surface area contributed by atoms with Crippen LogP contribution in [0.3, 0.4) is 0 Å².